The standard InChI is InChI=1S/C26H21BrN2O5/c1-15(30)28-18-6-5-7-19(14-18)29-23(20-8-3-4-9-21(20)34-2)22(25(32)26(29)33)24(31)16-10-12-17(27)13-11-16/h3-14,23,31H,1-2H3,(H,28,30)/b24-22+. The molecule has 0 radical (unpaired) electrons. The van der Waals surface area contributed by atoms with Crippen LogP contribution in [-0.2, 0) is 14.4 Å². The number of methoxy groups -OCH3 is 1. The first-order valence-electron chi connectivity index (χ1n) is 10.4. The van der Waals surface area contributed by atoms with Crippen molar-refractivity contribution in [3.8, 4) is 5.75 Å². The molecule has 1 fully saturated rings. The molecule has 0 aromatic heterocycles. The van der Waals surface area contributed by atoms with Crippen molar-refractivity contribution in [1.82, 2.24) is 0 Å². The summed E-state index contributed by atoms with van der Waals surface area (Å²) >= 11 is 3.36. The summed E-state index contributed by atoms with van der Waals surface area (Å²) in [5.74, 6) is -1.71. The van der Waals surface area contributed by atoms with Gasteiger partial charge in [-0.2, -0.15) is 0 Å². The van der Waals surface area contributed by atoms with Gasteiger partial charge in [0.25, 0.3) is 11.7 Å². The van der Waals surface area contributed by atoms with Crippen molar-refractivity contribution in [3.05, 3.63) is 94.0 Å². The summed E-state index contributed by atoms with van der Waals surface area (Å²) in [5.41, 5.74) is 1.74. The number of amides is 2. The molecule has 7 nitrogen and oxygen atoms in total. The van der Waals surface area contributed by atoms with Crippen molar-refractivity contribution < 1.29 is 24.2 Å². The molecule has 2 amide bonds. The molecule has 3 aromatic rings. The van der Waals surface area contributed by atoms with E-state index in [9.17, 15) is 19.5 Å². The average molecular weight is 521 g/mol. The number of rotatable bonds is 5. The highest BCUT2D eigenvalue weighted by molar-refractivity contribution is 9.10. The lowest BCUT2D eigenvalue weighted by atomic mass is 9.94. The molecule has 0 spiro atoms. The fraction of sp³-hybridized carbons (Fsp3) is 0.115. The van der Waals surface area contributed by atoms with E-state index in [2.05, 4.69) is 21.2 Å². The average Bonchev–Trinajstić information content (AvgIpc) is 3.09. The van der Waals surface area contributed by atoms with E-state index in [4.69, 9.17) is 4.74 Å². The van der Waals surface area contributed by atoms with Gasteiger partial charge in [-0.15, -0.1) is 0 Å². The van der Waals surface area contributed by atoms with E-state index >= 15 is 0 Å². The highest BCUT2D eigenvalue weighted by atomic mass is 79.9. The van der Waals surface area contributed by atoms with Crippen molar-refractivity contribution in [1.29, 1.82) is 0 Å². The smallest absolute Gasteiger partial charge is 0.300 e. The Balaban J connectivity index is 1.95. The van der Waals surface area contributed by atoms with Gasteiger partial charge in [0.1, 0.15) is 11.5 Å². The number of hydrogen-bond donors (Lipinski definition) is 2. The first-order valence-corrected chi connectivity index (χ1v) is 11.2. The van der Waals surface area contributed by atoms with Crippen LogP contribution in [0.1, 0.15) is 24.1 Å². The Hall–Kier alpha value is -3.91. The predicted molar refractivity (Wildman–Crippen MR) is 133 cm³/mol. The van der Waals surface area contributed by atoms with Gasteiger partial charge in [0.2, 0.25) is 5.91 Å². The molecule has 0 aliphatic carbocycles. The fourth-order valence-electron chi connectivity index (χ4n) is 3.99. The first-order chi connectivity index (χ1) is 16.3. The highest BCUT2D eigenvalue weighted by Crippen LogP contribution is 2.45. The number of benzene rings is 3. The third-order valence-corrected chi connectivity index (χ3v) is 5.97. The lowest BCUT2D eigenvalue weighted by Gasteiger charge is -2.27. The minimum atomic E-state index is -0.952. The van der Waals surface area contributed by atoms with E-state index in [0.29, 0.717) is 28.3 Å². The van der Waals surface area contributed by atoms with E-state index in [1.54, 1.807) is 72.8 Å². The number of carbonyl (C=O) groups excluding carboxylic acids is 3. The van der Waals surface area contributed by atoms with Crippen LogP contribution in [0.25, 0.3) is 5.76 Å². The van der Waals surface area contributed by atoms with Gasteiger partial charge in [-0.25, -0.2) is 0 Å². The summed E-state index contributed by atoms with van der Waals surface area (Å²) in [6, 6.07) is 19.5. The lowest BCUT2D eigenvalue weighted by Crippen LogP contribution is -2.29. The molecule has 0 saturated carbocycles. The number of ketones is 1. The van der Waals surface area contributed by atoms with Crippen LogP contribution in [0, 0.1) is 0 Å². The number of anilines is 2. The second-order valence-corrected chi connectivity index (χ2v) is 8.57. The van der Waals surface area contributed by atoms with E-state index < -0.39 is 17.7 Å². The Morgan fingerprint density at radius 2 is 1.74 bits per heavy atom. The molecule has 3 aromatic carbocycles. The molecule has 172 valence electrons. The molecular weight excluding hydrogens is 500 g/mol. The number of carbonyl (C=O) groups is 3. The van der Waals surface area contributed by atoms with Gasteiger partial charge in [-0.3, -0.25) is 19.3 Å². The summed E-state index contributed by atoms with van der Waals surface area (Å²) in [5, 5.41) is 13.9. The van der Waals surface area contributed by atoms with Gasteiger partial charge in [0.05, 0.1) is 18.7 Å². The summed E-state index contributed by atoms with van der Waals surface area (Å²) in [6.07, 6.45) is 0. The van der Waals surface area contributed by atoms with Crippen molar-refractivity contribution in [2.75, 3.05) is 17.3 Å². The summed E-state index contributed by atoms with van der Waals surface area (Å²) in [7, 11) is 1.50. The minimum absolute atomic E-state index is 0.0539. The van der Waals surface area contributed by atoms with Crippen LogP contribution in [0.2, 0.25) is 0 Å². The maximum Gasteiger partial charge on any atom is 0.300 e. The summed E-state index contributed by atoms with van der Waals surface area (Å²) in [6.45, 7) is 1.38. The van der Waals surface area contributed by atoms with E-state index in [1.165, 1.54) is 18.9 Å². The van der Waals surface area contributed by atoms with Gasteiger partial charge in [-0.05, 0) is 36.4 Å². The maximum absolute atomic E-state index is 13.3. The van der Waals surface area contributed by atoms with Crippen LogP contribution in [-0.4, -0.2) is 29.8 Å². The second kappa shape index (κ2) is 9.52. The number of para-hydroxylation sites is 1. The minimum Gasteiger partial charge on any atom is -0.507 e. The van der Waals surface area contributed by atoms with Crippen LogP contribution in [0.4, 0.5) is 11.4 Å². The Morgan fingerprint density at radius 3 is 2.41 bits per heavy atom. The van der Waals surface area contributed by atoms with Gasteiger partial charge in [0.15, 0.2) is 0 Å². The summed E-state index contributed by atoms with van der Waals surface area (Å²) in [4.78, 5) is 39.5. The predicted octanol–water partition coefficient (Wildman–Crippen LogP) is 5.04. The molecule has 1 aliphatic heterocycles. The lowest BCUT2D eigenvalue weighted by molar-refractivity contribution is -0.132. The molecule has 1 heterocycles. The Labute approximate surface area is 204 Å². The molecule has 2 N–H and O–H groups in total. The number of nitrogens with one attached hydrogen (secondary N) is 1. The van der Waals surface area contributed by atoms with Crippen LogP contribution < -0.4 is 15.0 Å². The Kier molecular flexibility index (Phi) is 6.51. The largest absolute Gasteiger partial charge is 0.507 e. The molecule has 1 atom stereocenters. The van der Waals surface area contributed by atoms with Crippen molar-refractivity contribution in [2.45, 2.75) is 13.0 Å². The zero-order valence-electron chi connectivity index (χ0n) is 18.4. The topological polar surface area (TPSA) is 95.9 Å². The normalized spacial score (nSPS) is 17.0. The number of aliphatic hydroxyl groups is 1. The van der Waals surface area contributed by atoms with E-state index in [1.807, 2.05) is 0 Å². The van der Waals surface area contributed by atoms with Gasteiger partial charge >= 0.3 is 0 Å². The van der Waals surface area contributed by atoms with E-state index in [0.717, 1.165) is 4.47 Å². The third kappa shape index (κ3) is 4.32. The molecule has 34 heavy (non-hydrogen) atoms. The second-order valence-electron chi connectivity index (χ2n) is 7.65. The number of nitrogens with zero attached hydrogens (tertiary/aromatic N) is 1. The molecule has 8 heteroatoms. The number of Topliss-reactive ketones (excluding diaryl/α,β-unsaturated/α-hetero) is 1. The Morgan fingerprint density at radius 1 is 1.03 bits per heavy atom. The van der Waals surface area contributed by atoms with Crippen LogP contribution in [0.5, 0.6) is 5.75 Å². The number of halogens is 1. The van der Waals surface area contributed by atoms with Crippen LogP contribution >= 0.6 is 15.9 Å². The fourth-order valence-corrected chi connectivity index (χ4v) is 4.25. The van der Waals surface area contributed by atoms with Crippen molar-refractivity contribution in [3.63, 3.8) is 0 Å². The zero-order valence-corrected chi connectivity index (χ0v) is 20.0. The third-order valence-electron chi connectivity index (χ3n) is 5.44. The van der Waals surface area contributed by atoms with Crippen LogP contribution in [0.15, 0.2) is 82.8 Å². The maximum atomic E-state index is 13.3. The molecular formula is C26H21BrN2O5. The van der Waals surface area contributed by atoms with Gasteiger partial charge < -0.3 is 15.2 Å². The summed E-state index contributed by atoms with van der Waals surface area (Å²) < 4.78 is 6.33. The zero-order chi connectivity index (χ0) is 24.4. The molecule has 1 unspecified atom stereocenters. The highest BCUT2D eigenvalue weighted by Gasteiger charge is 2.48. The van der Waals surface area contributed by atoms with Crippen molar-refractivity contribution in [2.24, 2.45) is 0 Å². The first kappa shape index (κ1) is 23.3. The monoisotopic (exact) mass is 520 g/mol. The number of ether oxygens (including phenoxy) is 1. The van der Waals surface area contributed by atoms with Crippen molar-refractivity contribution >= 4 is 50.7 Å². The number of hydrogen-bond acceptors (Lipinski definition) is 5. The molecule has 0 bridgehead atoms. The number of aliphatic hydroxyl groups excluding tert-OH is 1. The molecule has 1 saturated heterocycles. The van der Waals surface area contributed by atoms with Gasteiger partial charge in [0, 0.05) is 33.9 Å². The SMILES string of the molecule is COc1ccccc1C1/C(=C(\O)c2ccc(Br)cc2)C(=O)C(=O)N1c1cccc(NC(C)=O)c1. The Bertz CT molecular complexity index is 1320. The molecule has 1 aliphatic rings. The van der Waals surface area contributed by atoms with E-state index in [-0.39, 0.29) is 17.2 Å². The van der Waals surface area contributed by atoms with Gasteiger partial charge in [-0.1, -0.05) is 52.3 Å². The quantitative estimate of drug-likeness (QED) is 0.279. The van der Waals surface area contributed by atoms with Crippen LogP contribution in [0.3, 0.4) is 0 Å². The molecule has 4 rings (SSSR count).